The number of hydrogen-bond donors (Lipinski definition) is 1. The fourth-order valence-electron chi connectivity index (χ4n) is 3.63. The van der Waals surface area contributed by atoms with Crippen LogP contribution in [-0.2, 0) is 10.0 Å². The van der Waals surface area contributed by atoms with Gasteiger partial charge >= 0.3 is 0 Å². The van der Waals surface area contributed by atoms with Crippen LogP contribution in [0.1, 0.15) is 32.0 Å². The molecule has 8 nitrogen and oxygen atoms in total. The Hall–Kier alpha value is -3.43. The van der Waals surface area contributed by atoms with Gasteiger partial charge in [0.15, 0.2) is 5.76 Å². The average molecular weight is 468 g/mol. The number of nitrogens with one attached hydrogen (secondary N) is 1. The molecule has 172 valence electrons. The predicted octanol–water partition coefficient (Wildman–Crippen LogP) is 3.30. The molecule has 3 aromatic rings. The summed E-state index contributed by atoms with van der Waals surface area (Å²) in [6, 6.07) is 14.9. The van der Waals surface area contributed by atoms with Crippen molar-refractivity contribution in [3.63, 3.8) is 0 Å². The van der Waals surface area contributed by atoms with E-state index in [0.717, 1.165) is 11.1 Å². The fraction of sp³-hybridized carbons (Fsp3) is 0.250. The Balaban J connectivity index is 1.37. The third-order valence-electron chi connectivity index (χ3n) is 5.78. The van der Waals surface area contributed by atoms with Crippen LogP contribution in [0.5, 0.6) is 0 Å². The molecule has 0 spiro atoms. The van der Waals surface area contributed by atoms with Crippen molar-refractivity contribution < 1.29 is 22.4 Å². The van der Waals surface area contributed by atoms with E-state index < -0.39 is 10.0 Å². The Morgan fingerprint density at radius 2 is 1.61 bits per heavy atom. The number of benzene rings is 2. The summed E-state index contributed by atoms with van der Waals surface area (Å²) in [7, 11) is -3.60. The lowest BCUT2D eigenvalue weighted by molar-refractivity contribution is 0.0698. The van der Waals surface area contributed by atoms with E-state index in [2.05, 4.69) is 5.32 Å². The molecule has 33 heavy (non-hydrogen) atoms. The zero-order chi connectivity index (χ0) is 23.6. The number of sulfonamides is 1. The van der Waals surface area contributed by atoms with Gasteiger partial charge in [0, 0.05) is 37.4 Å². The maximum absolute atomic E-state index is 13.0. The molecule has 4 rings (SSSR count). The Kier molecular flexibility index (Phi) is 6.35. The van der Waals surface area contributed by atoms with Gasteiger partial charge in [-0.1, -0.05) is 6.07 Å². The SMILES string of the molecule is Cc1ccc(S(=O)(=O)N2CCN(C(=O)c3ccc(NC(=O)c4ccco4)cc3)CC2)cc1C. The summed E-state index contributed by atoms with van der Waals surface area (Å²) in [6.45, 7) is 4.91. The lowest BCUT2D eigenvalue weighted by Gasteiger charge is -2.34. The Morgan fingerprint density at radius 3 is 2.21 bits per heavy atom. The van der Waals surface area contributed by atoms with Gasteiger partial charge in [-0.25, -0.2) is 8.42 Å². The van der Waals surface area contributed by atoms with Gasteiger partial charge in [-0.05, 0) is 73.5 Å². The number of hydrogen-bond acceptors (Lipinski definition) is 5. The molecular weight excluding hydrogens is 442 g/mol. The molecule has 2 heterocycles. The van der Waals surface area contributed by atoms with Crippen molar-refractivity contribution >= 4 is 27.5 Å². The minimum atomic E-state index is -3.60. The number of aryl methyl sites for hydroxylation is 2. The van der Waals surface area contributed by atoms with E-state index in [1.54, 1.807) is 53.4 Å². The molecule has 1 N–H and O–H groups in total. The number of nitrogens with zero attached hydrogens (tertiary/aromatic N) is 2. The van der Waals surface area contributed by atoms with Gasteiger partial charge in [-0.3, -0.25) is 9.59 Å². The van der Waals surface area contributed by atoms with Crippen LogP contribution in [0, 0.1) is 13.8 Å². The number of rotatable bonds is 5. The predicted molar refractivity (Wildman–Crippen MR) is 124 cm³/mol. The highest BCUT2D eigenvalue weighted by Crippen LogP contribution is 2.21. The van der Waals surface area contributed by atoms with Gasteiger partial charge in [0.05, 0.1) is 11.2 Å². The number of piperazine rings is 1. The molecule has 1 aliphatic rings. The van der Waals surface area contributed by atoms with Gasteiger partial charge in [0.25, 0.3) is 11.8 Å². The zero-order valence-electron chi connectivity index (χ0n) is 18.4. The van der Waals surface area contributed by atoms with Crippen LogP contribution in [0.15, 0.2) is 70.2 Å². The topological polar surface area (TPSA) is 99.9 Å². The number of amides is 2. The molecule has 1 fully saturated rings. The van der Waals surface area contributed by atoms with Crippen molar-refractivity contribution in [3.05, 3.63) is 83.3 Å². The standard InChI is InChI=1S/C24H25N3O5S/c1-17-5-10-21(16-18(17)2)33(30,31)27-13-11-26(12-14-27)24(29)19-6-8-20(9-7-19)25-23(28)22-4-3-15-32-22/h3-10,15-16H,11-14H2,1-2H3,(H,25,28). The first-order valence-corrected chi connectivity index (χ1v) is 12.0. The van der Waals surface area contributed by atoms with Crippen LogP contribution in [0.4, 0.5) is 5.69 Å². The van der Waals surface area contributed by atoms with Crippen LogP contribution < -0.4 is 5.32 Å². The Bertz CT molecular complexity index is 1260. The maximum atomic E-state index is 13.0. The molecular formula is C24H25N3O5S. The second kappa shape index (κ2) is 9.21. The third-order valence-corrected chi connectivity index (χ3v) is 7.67. The summed E-state index contributed by atoms with van der Waals surface area (Å²) in [5, 5.41) is 2.70. The van der Waals surface area contributed by atoms with E-state index in [1.807, 2.05) is 19.9 Å². The van der Waals surface area contributed by atoms with E-state index in [9.17, 15) is 18.0 Å². The quantitative estimate of drug-likeness (QED) is 0.621. The molecule has 9 heteroatoms. The first-order chi connectivity index (χ1) is 15.8. The van der Waals surface area contributed by atoms with Crippen molar-refractivity contribution in [2.45, 2.75) is 18.7 Å². The summed E-state index contributed by atoms with van der Waals surface area (Å²) in [5.41, 5.74) is 2.97. The number of anilines is 1. The molecule has 0 unspecified atom stereocenters. The molecule has 2 amide bonds. The summed E-state index contributed by atoms with van der Waals surface area (Å²) in [4.78, 5) is 26.9. The van der Waals surface area contributed by atoms with Gasteiger partial charge in [0.2, 0.25) is 10.0 Å². The van der Waals surface area contributed by atoms with Crippen molar-refractivity contribution in [2.24, 2.45) is 0 Å². The first-order valence-electron chi connectivity index (χ1n) is 10.6. The lowest BCUT2D eigenvalue weighted by atomic mass is 10.1. The maximum Gasteiger partial charge on any atom is 0.291 e. The normalized spacial score (nSPS) is 14.8. The van der Waals surface area contributed by atoms with Crippen molar-refractivity contribution in [1.29, 1.82) is 0 Å². The first kappa shape index (κ1) is 22.8. The molecule has 1 saturated heterocycles. The minimum Gasteiger partial charge on any atom is -0.459 e. The molecule has 0 saturated carbocycles. The van der Waals surface area contributed by atoms with Crippen LogP contribution in [0.25, 0.3) is 0 Å². The monoisotopic (exact) mass is 467 g/mol. The highest BCUT2D eigenvalue weighted by Gasteiger charge is 2.30. The molecule has 1 aromatic heterocycles. The summed E-state index contributed by atoms with van der Waals surface area (Å²) < 4.78 is 32.5. The zero-order valence-corrected chi connectivity index (χ0v) is 19.3. The number of carbonyl (C=O) groups excluding carboxylic acids is 2. The summed E-state index contributed by atoms with van der Waals surface area (Å²) in [5.74, 6) is -0.355. The Labute approximate surface area is 192 Å². The van der Waals surface area contributed by atoms with Gasteiger partial charge < -0.3 is 14.6 Å². The molecule has 0 bridgehead atoms. The van der Waals surface area contributed by atoms with Crippen molar-refractivity contribution in [1.82, 2.24) is 9.21 Å². The molecule has 2 aromatic carbocycles. The molecule has 0 aliphatic carbocycles. The highest BCUT2D eigenvalue weighted by molar-refractivity contribution is 7.89. The molecule has 0 radical (unpaired) electrons. The number of furan rings is 1. The van der Waals surface area contributed by atoms with E-state index >= 15 is 0 Å². The van der Waals surface area contributed by atoms with E-state index in [1.165, 1.54) is 10.6 Å². The second-order valence-corrected chi connectivity index (χ2v) is 9.89. The van der Waals surface area contributed by atoms with Crippen LogP contribution in [-0.4, -0.2) is 55.6 Å². The second-order valence-electron chi connectivity index (χ2n) is 7.95. The highest BCUT2D eigenvalue weighted by atomic mass is 32.2. The van der Waals surface area contributed by atoms with Gasteiger partial charge in [-0.2, -0.15) is 4.31 Å². The van der Waals surface area contributed by atoms with E-state index in [4.69, 9.17) is 4.42 Å². The largest absolute Gasteiger partial charge is 0.459 e. The minimum absolute atomic E-state index is 0.179. The van der Waals surface area contributed by atoms with Crippen LogP contribution in [0.2, 0.25) is 0 Å². The third kappa shape index (κ3) is 4.84. The van der Waals surface area contributed by atoms with E-state index in [-0.39, 0.29) is 35.6 Å². The van der Waals surface area contributed by atoms with Crippen LogP contribution >= 0.6 is 0 Å². The summed E-state index contributed by atoms with van der Waals surface area (Å²) in [6.07, 6.45) is 1.42. The van der Waals surface area contributed by atoms with E-state index in [0.29, 0.717) is 24.3 Å². The smallest absolute Gasteiger partial charge is 0.291 e. The average Bonchev–Trinajstić information content (AvgIpc) is 3.36. The molecule has 1 aliphatic heterocycles. The van der Waals surface area contributed by atoms with Crippen molar-refractivity contribution in [3.8, 4) is 0 Å². The van der Waals surface area contributed by atoms with Gasteiger partial charge in [0.1, 0.15) is 0 Å². The lowest BCUT2D eigenvalue weighted by Crippen LogP contribution is -2.50. The van der Waals surface area contributed by atoms with Crippen molar-refractivity contribution in [2.75, 3.05) is 31.5 Å². The summed E-state index contributed by atoms with van der Waals surface area (Å²) >= 11 is 0. The van der Waals surface area contributed by atoms with Gasteiger partial charge in [-0.15, -0.1) is 0 Å². The Morgan fingerprint density at radius 1 is 0.909 bits per heavy atom. The number of carbonyl (C=O) groups is 2. The fourth-order valence-corrected chi connectivity index (χ4v) is 5.14. The molecule has 0 atom stereocenters. The van der Waals surface area contributed by atoms with Crippen LogP contribution in [0.3, 0.4) is 0 Å².